The Kier molecular flexibility index (Phi) is 4.87. The van der Waals surface area contributed by atoms with Crippen LogP contribution in [0.3, 0.4) is 0 Å². The molecule has 0 fully saturated rings. The number of phenols is 1. The molecule has 0 saturated carbocycles. The standard InChI is InChI=1S/C14H11ClFNO2S/c15-12-7-9(1-6-13(12)16)17-14(19)8-20-11-4-2-10(18)3-5-11/h1-7,18H,8H2,(H,17,19). The number of amides is 1. The van der Waals surface area contributed by atoms with Crippen LogP contribution in [0.15, 0.2) is 47.4 Å². The van der Waals surface area contributed by atoms with Gasteiger partial charge in [-0.15, -0.1) is 11.8 Å². The normalized spacial score (nSPS) is 10.3. The van der Waals surface area contributed by atoms with Gasteiger partial charge >= 0.3 is 0 Å². The van der Waals surface area contributed by atoms with Crippen LogP contribution in [-0.4, -0.2) is 16.8 Å². The summed E-state index contributed by atoms with van der Waals surface area (Å²) in [6.45, 7) is 0. The Labute approximate surface area is 124 Å². The van der Waals surface area contributed by atoms with Gasteiger partial charge in [0, 0.05) is 10.6 Å². The number of carbonyl (C=O) groups is 1. The molecule has 0 aliphatic rings. The van der Waals surface area contributed by atoms with Gasteiger partial charge in [-0.2, -0.15) is 0 Å². The Balaban J connectivity index is 1.89. The molecular formula is C14H11ClFNO2S. The van der Waals surface area contributed by atoms with Gasteiger partial charge in [0.15, 0.2) is 0 Å². The predicted molar refractivity (Wildman–Crippen MR) is 78.9 cm³/mol. The molecule has 0 radical (unpaired) electrons. The second-order valence-electron chi connectivity index (χ2n) is 3.96. The minimum absolute atomic E-state index is 0.0333. The van der Waals surface area contributed by atoms with Crippen molar-refractivity contribution in [3.8, 4) is 5.75 Å². The van der Waals surface area contributed by atoms with Crippen LogP contribution in [0.25, 0.3) is 0 Å². The zero-order valence-corrected chi connectivity index (χ0v) is 11.8. The van der Waals surface area contributed by atoms with Gasteiger partial charge in [-0.05, 0) is 42.5 Å². The molecule has 0 saturated heterocycles. The Bertz CT molecular complexity index is 619. The highest BCUT2D eigenvalue weighted by Gasteiger charge is 2.06. The second kappa shape index (κ2) is 6.63. The number of hydrogen-bond donors (Lipinski definition) is 2. The summed E-state index contributed by atoms with van der Waals surface area (Å²) in [6.07, 6.45) is 0. The highest BCUT2D eigenvalue weighted by molar-refractivity contribution is 8.00. The maximum absolute atomic E-state index is 13.0. The van der Waals surface area contributed by atoms with Crippen LogP contribution < -0.4 is 5.32 Å². The molecule has 0 unspecified atom stereocenters. The summed E-state index contributed by atoms with van der Waals surface area (Å²) in [7, 11) is 0. The van der Waals surface area contributed by atoms with Crippen LogP contribution >= 0.6 is 23.4 Å². The van der Waals surface area contributed by atoms with E-state index in [1.807, 2.05) is 0 Å². The SMILES string of the molecule is O=C(CSc1ccc(O)cc1)Nc1ccc(F)c(Cl)c1. The van der Waals surface area contributed by atoms with E-state index in [0.29, 0.717) is 5.69 Å². The highest BCUT2D eigenvalue weighted by Crippen LogP contribution is 2.22. The van der Waals surface area contributed by atoms with Crippen molar-refractivity contribution in [1.29, 1.82) is 0 Å². The van der Waals surface area contributed by atoms with Crippen molar-refractivity contribution in [2.75, 3.05) is 11.1 Å². The van der Waals surface area contributed by atoms with Crippen LogP contribution in [-0.2, 0) is 4.79 Å². The van der Waals surface area contributed by atoms with Crippen molar-refractivity contribution in [3.63, 3.8) is 0 Å². The van der Waals surface area contributed by atoms with Crippen LogP contribution in [0, 0.1) is 5.82 Å². The largest absolute Gasteiger partial charge is 0.508 e. The van der Waals surface area contributed by atoms with Gasteiger partial charge < -0.3 is 10.4 Å². The molecule has 2 N–H and O–H groups in total. The fraction of sp³-hybridized carbons (Fsp3) is 0.0714. The van der Waals surface area contributed by atoms with E-state index >= 15 is 0 Å². The molecular weight excluding hydrogens is 301 g/mol. The number of halogens is 2. The van der Waals surface area contributed by atoms with Crippen LogP contribution in [0.1, 0.15) is 0 Å². The van der Waals surface area contributed by atoms with Crippen molar-refractivity contribution in [3.05, 3.63) is 53.3 Å². The highest BCUT2D eigenvalue weighted by atomic mass is 35.5. The average Bonchev–Trinajstić information content (AvgIpc) is 2.42. The monoisotopic (exact) mass is 311 g/mol. The fourth-order valence-corrected chi connectivity index (χ4v) is 2.34. The first-order chi connectivity index (χ1) is 9.54. The second-order valence-corrected chi connectivity index (χ2v) is 5.42. The molecule has 2 aromatic carbocycles. The molecule has 0 bridgehead atoms. The van der Waals surface area contributed by atoms with E-state index < -0.39 is 5.82 Å². The quantitative estimate of drug-likeness (QED) is 0.842. The van der Waals surface area contributed by atoms with E-state index in [4.69, 9.17) is 16.7 Å². The lowest BCUT2D eigenvalue weighted by Crippen LogP contribution is -2.13. The van der Waals surface area contributed by atoms with Gasteiger partial charge in [0.1, 0.15) is 11.6 Å². The summed E-state index contributed by atoms with van der Waals surface area (Å²) in [5, 5.41) is 11.7. The number of anilines is 1. The van der Waals surface area contributed by atoms with E-state index in [1.54, 1.807) is 24.3 Å². The Morgan fingerprint density at radius 2 is 1.95 bits per heavy atom. The molecule has 1 amide bonds. The molecule has 0 atom stereocenters. The van der Waals surface area contributed by atoms with Crippen LogP contribution in [0.4, 0.5) is 10.1 Å². The third-order valence-electron chi connectivity index (χ3n) is 2.41. The average molecular weight is 312 g/mol. The fourth-order valence-electron chi connectivity index (χ4n) is 1.46. The number of benzene rings is 2. The van der Waals surface area contributed by atoms with Gasteiger partial charge in [-0.3, -0.25) is 4.79 Å². The number of rotatable bonds is 4. The molecule has 104 valence electrons. The summed E-state index contributed by atoms with van der Waals surface area (Å²) in [5.41, 5.74) is 0.452. The number of thioether (sulfide) groups is 1. The number of hydrogen-bond acceptors (Lipinski definition) is 3. The van der Waals surface area contributed by atoms with Gasteiger partial charge in [0.2, 0.25) is 5.91 Å². The van der Waals surface area contributed by atoms with Crippen LogP contribution in [0.2, 0.25) is 5.02 Å². The first-order valence-corrected chi connectivity index (χ1v) is 7.08. The van der Waals surface area contributed by atoms with Crippen LogP contribution in [0.5, 0.6) is 5.75 Å². The van der Waals surface area contributed by atoms with Crippen molar-refractivity contribution in [1.82, 2.24) is 0 Å². The molecule has 6 heteroatoms. The summed E-state index contributed by atoms with van der Waals surface area (Å²) >= 11 is 6.96. The van der Waals surface area contributed by atoms with Gasteiger partial charge in [-0.1, -0.05) is 11.6 Å². The van der Waals surface area contributed by atoms with Crippen molar-refractivity contribution in [2.45, 2.75) is 4.90 Å². The predicted octanol–water partition coefficient (Wildman–Crippen LogP) is 3.92. The molecule has 0 heterocycles. The zero-order chi connectivity index (χ0) is 14.5. The molecule has 3 nitrogen and oxygen atoms in total. The number of aromatic hydroxyl groups is 1. The Hall–Kier alpha value is -1.72. The molecule has 20 heavy (non-hydrogen) atoms. The minimum Gasteiger partial charge on any atom is -0.508 e. The van der Waals surface area contributed by atoms with Gasteiger partial charge in [-0.25, -0.2) is 4.39 Å². The molecule has 0 aliphatic carbocycles. The maximum atomic E-state index is 13.0. The minimum atomic E-state index is -0.525. The summed E-state index contributed by atoms with van der Waals surface area (Å²) in [5.74, 6) is -0.353. The maximum Gasteiger partial charge on any atom is 0.234 e. The molecule has 2 rings (SSSR count). The third kappa shape index (κ3) is 4.15. The van der Waals surface area contributed by atoms with Crippen molar-refractivity contribution in [2.24, 2.45) is 0 Å². The first kappa shape index (κ1) is 14.7. The van der Waals surface area contributed by atoms with Gasteiger partial charge in [0.25, 0.3) is 0 Å². The third-order valence-corrected chi connectivity index (χ3v) is 3.71. The van der Waals surface area contributed by atoms with E-state index in [9.17, 15) is 9.18 Å². The molecule has 0 spiro atoms. The summed E-state index contributed by atoms with van der Waals surface area (Å²) in [4.78, 5) is 12.6. The van der Waals surface area contributed by atoms with E-state index in [0.717, 1.165) is 4.90 Å². The molecule has 0 aromatic heterocycles. The molecule has 0 aliphatic heterocycles. The first-order valence-electron chi connectivity index (χ1n) is 5.71. The van der Waals surface area contributed by atoms with Crippen molar-refractivity contribution < 1.29 is 14.3 Å². The lowest BCUT2D eigenvalue weighted by atomic mass is 10.3. The number of nitrogens with one attached hydrogen (secondary N) is 1. The zero-order valence-electron chi connectivity index (χ0n) is 10.3. The lowest BCUT2D eigenvalue weighted by Gasteiger charge is -2.06. The number of carbonyl (C=O) groups excluding carboxylic acids is 1. The van der Waals surface area contributed by atoms with Gasteiger partial charge in [0.05, 0.1) is 10.8 Å². The van der Waals surface area contributed by atoms with E-state index in [-0.39, 0.29) is 22.4 Å². The Morgan fingerprint density at radius 3 is 2.60 bits per heavy atom. The smallest absolute Gasteiger partial charge is 0.234 e. The topological polar surface area (TPSA) is 49.3 Å². The van der Waals surface area contributed by atoms with E-state index in [1.165, 1.54) is 30.0 Å². The van der Waals surface area contributed by atoms with E-state index in [2.05, 4.69) is 5.32 Å². The summed E-state index contributed by atoms with van der Waals surface area (Å²) in [6, 6.07) is 10.6. The molecule has 2 aromatic rings. The van der Waals surface area contributed by atoms with Crippen molar-refractivity contribution >= 4 is 35.0 Å². The number of phenolic OH excluding ortho intramolecular Hbond substituents is 1. The summed E-state index contributed by atoms with van der Waals surface area (Å²) < 4.78 is 13.0. The Morgan fingerprint density at radius 1 is 1.25 bits per heavy atom. The lowest BCUT2D eigenvalue weighted by molar-refractivity contribution is -0.113.